The highest BCUT2D eigenvalue weighted by Crippen LogP contribution is 2.25. The van der Waals surface area contributed by atoms with Gasteiger partial charge in [-0.05, 0) is 24.6 Å². The summed E-state index contributed by atoms with van der Waals surface area (Å²) >= 11 is 5.81. The molecule has 6 heteroatoms. The summed E-state index contributed by atoms with van der Waals surface area (Å²) < 4.78 is 18.3. The maximum absolute atomic E-state index is 13.7. The van der Waals surface area contributed by atoms with Gasteiger partial charge in [-0.15, -0.1) is 0 Å². The molecule has 2 rings (SSSR count). The van der Waals surface area contributed by atoms with E-state index in [0.717, 1.165) is 5.56 Å². The van der Waals surface area contributed by atoms with Crippen LogP contribution in [0.1, 0.15) is 15.9 Å². The molecule has 0 atom stereocenters. The van der Waals surface area contributed by atoms with Crippen molar-refractivity contribution in [2.45, 2.75) is 6.92 Å². The smallest absolute Gasteiger partial charge is 0.341 e. The fraction of sp³-hybridized carbons (Fsp3) is 0.154. The molecule has 0 spiro atoms. The number of pyridine rings is 2. The van der Waals surface area contributed by atoms with E-state index in [4.69, 9.17) is 11.6 Å². The van der Waals surface area contributed by atoms with Gasteiger partial charge in [0.05, 0.1) is 12.7 Å². The Hall–Kier alpha value is -2.01. The number of carbonyl (C=O) groups excluding carboxylic acids is 1. The standard InChI is InChI=1S/C13H10ClFN2O2/c1-7-3-9(12(15)17-5-7)8-4-10(13(18)19-2)11(14)16-6-8/h3-6H,1-2H3. The Morgan fingerprint density at radius 3 is 2.74 bits per heavy atom. The Bertz CT molecular complexity index is 647. The van der Waals surface area contributed by atoms with Crippen LogP contribution in [0.4, 0.5) is 4.39 Å². The van der Waals surface area contributed by atoms with Crippen LogP contribution in [0.3, 0.4) is 0 Å². The number of carbonyl (C=O) groups is 1. The highest BCUT2D eigenvalue weighted by molar-refractivity contribution is 6.32. The fourth-order valence-corrected chi connectivity index (χ4v) is 1.78. The maximum atomic E-state index is 13.7. The number of ether oxygens (including phenoxy) is 1. The lowest BCUT2D eigenvalue weighted by atomic mass is 10.1. The van der Waals surface area contributed by atoms with Gasteiger partial charge in [0.2, 0.25) is 5.95 Å². The van der Waals surface area contributed by atoms with Gasteiger partial charge in [-0.2, -0.15) is 4.39 Å². The summed E-state index contributed by atoms with van der Waals surface area (Å²) in [5, 5.41) is 0.0108. The molecule has 0 saturated carbocycles. The summed E-state index contributed by atoms with van der Waals surface area (Å²) in [6, 6.07) is 3.05. The van der Waals surface area contributed by atoms with Gasteiger partial charge in [-0.25, -0.2) is 14.8 Å². The van der Waals surface area contributed by atoms with E-state index in [9.17, 15) is 9.18 Å². The van der Waals surface area contributed by atoms with Crippen LogP contribution < -0.4 is 0 Å². The van der Waals surface area contributed by atoms with Gasteiger partial charge >= 0.3 is 5.97 Å². The minimum absolute atomic E-state index is 0.0108. The first-order valence-corrected chi connectivity index (χ1v) is 5.77. The Morgan fingerprint density at radius 2 is 2.05 bits per heavy atom. The van der Waals surface area contributed by atoms with Crippen LogP contribution in [0, 0.1) is 12.9 Å². The van der Waals surface area contributed by atoms with Crippen molar-refractivity contribution in [1.82, 2.24) is 9.97 Å². The Kier molecular flexibility index (Phi) is 3.76. The number of nitrogens with zero attached hydrogens (tertiary/aromatic N) is 2. The molecular formula is C13H10ClFN2O2. The molecule has 0 bridgehead atoms. The topological polar surface area (TPSA) is 52.1 Å². The molecule has 2 aromatic rings. The van der Waals surface area contributed by atoms with Crippen molar-refractivity contribution in [3.05, 3.63) is 46.8 Å². The molecular weight excluding hydrogens is 271 g/mol. The van der Waals surface area contributed by atoms with E-state index in [-0.39, 0.29) is 16.3 Å². The first-order chi connectivity index (χ1) is 9.02. The van der Waals surface area contributed by atoms with Crippen LogP contribution in [0.25, 0.3) is 11.1 Å². The van der Waals surface area contributed by atoms with Crippen LogP contribution in [-0.2, 0) is 4.74 Å². The number of hydrogen-bond acceptors (Lipinski definition) is 4. The first kappa shape index (κ1) is 13.4. The molecule has 0 unspecified atom stereocenters. The fourth-order valence-electron chi connectivity index (χ4n) is 1.60. The summed E-state index contributed by atoms with van der Waals surface area (Å²) in [6.45, 7) is 1.79. The number of halogens is 2. The Morgan fingerprint density at radius 1 is 1.32 bits per heavy atom. The van der Waals surface area contributed by atoms with E-state index in [1.165, 1.54) is 25.6 Å². The van der Waals surface area contributed by atoms with Crippen molar-refractivity contribution in [2.75, 3.05) is 7.11 Å². The number of aryl methyl sites for hydroxylation is 1. The largest absolute Gasteiger partial charge is 0.465 e. The van der Waals surface area contributed by atoms with E-state index < -0.39 is 11.9 Å². The van der Waals surface area contributed by atoms with Crippen LogP contribution in [-0.4, -0.2) is 23.0 Å². The zero-order valence-electron chi connectivity index (χ0n) is 10.3. The lowest BCUT2D eigenvalue weighted by molar-refractivity contribution is 0.0600. The van der Waals surface area contributed by atoms with Crippen molar-refractivity contribution in [3.8, 4) is 11.1 Å². The second-order valence-electron chi connectivity index (χ2n) is 3.90. The lowest BCUT2D eigenvalue weighted by Crippen LogP contribution is -2.04. The van der Waals surface area contributed by atoms with E-state index in [1.54, 1.807) is 13.0 Å². The first-order valence-electron chi connectivity index (χ1n) is 5.39. The predicted octanol–water partition coefficient (Wildman–Crippen LogP) is 3.03. The molecule has 2 heterocycles. The third-order valence-electron chi connectivity index (χ3n) is 2.53. The summed E-state index contributed by atoms with van der Waals surface area (Å²) in [4.78, 5) is 19.0. The molecule has 0 saturated heterocycles. The highest BCUT2D eigenvalue weighted by atomic mass is 35.5. The van der Waals surface area contributed by atoms with Gasteiger partial charge in [-0.3, -0.25) is 0 Å². The van der Waals surface area contributed by atoms with Gasteiger partial charge in [0.15, 0.2) is 0 Å². The summed E-state index contributed by atoms with van der Waals surface area (Å²) in [5.41, 5.74) is 1.56. The van der Waals surface area contributed by atoms with Crippen LogP contribution in [0.5, 0.6) is 0 Å². The average molecular weight is 281 g/mol. The third kappa shape index (κ3) is 2.71. The third-order valence-corrected chi connectivity index (χ3v) is 2.83. The van der Waals surface area contributed by atoms with Gasteiger partial charge in [-0.1, -0.05) is 11.6 Å². The number of esters is 1. The van der Waals surface area contributed by atoms with Crippen molar-refractivity contribution >= 4 is 17.6 Å². The van der Waals surface area contributed by atoms with Crippen molar-refractivity contribution in [3.63, 3.8) is 0 Å². The summed E-state index contributed by atoms with van der Waals surface area (Å²) in [7, 11) is 1.24. The second kappa shape index (κ2) is 5.32. The normalized spacial score (nSPS) is 10.3. The summed E-state index contributed by atoms with van der Waals surface area (Å²) in [5.74, 6) is -1.26. The van der Waals surface area contributed by atoms with Gasteiger partial charge < -0.3 is 4.74 Å². The molecule has 98 valence electrons. The van der Waals surface area contributed by atoms with Gasteiger partial charge in [0.1, 0.15) is 5.15 Å². The molecule has 0 aromatic carbocycles. The SMILES string of the molecule is COC(=O)c1cc(-c2cc(C)cnc2F)cnc1Cl. The average Bonchev–Trinajstić information content (AvgIpc) is 2.41. The number of aromatic nitrogens is 2. The molecule has 0 fully saturated rings. The van der Waals surface area contributed by atoms with Crippen LogP contribution in [0.2, 0.25) is 5.15 Å². The zero-order valence-corrected chi connectivity index (χ0v) is 11.0. The number of methoxy groups -OCH3 is 1. The predicted molar refractivity (Wildman–Crippen MR) is 68.5 cm³/mol. The molecule has 0 aliphatic rings. The molecule has 0 N–H and O–H groups in total. The zero-order chi connectivity index (χ0) is 14.0. The molecule has 2 aromatic heterocycles. The van der Waals surface area contributed by atoms with E-state index >= 15 is 0 Å². The monoisotopic (exact) mass is 280 g/mol. The Labute approximate surface area is 114 Å². The molecule has 0 aliphatic heterocycles. The van der Waals surface area contributed by atoms with Crippen LogP contribution >= 0.6 is 11.6 Å². The highest BCUT2D eigenvalue weighted by Gasteiger charge is 2.15. The number of hydrogen-bond donors (Lipinski definition) is 0. The summed E-state index contributed by atoms with van der Waals surface area (Å²) in [6.07, 6.45) is 2.80. The van der Waals surface area contributed by atoms with E-state index in [0.29, 0.717) is 5.56 Å². The quantitative estimate of drug-likeness (QED) is 0.627. The van der Waals surface area contributed by atoms with Crippen molar-refractivity contribution < 1.29 is 13.9 Å². The molecule has 0 aliphatic carbocycles. The molecule has 0 amide bonds. The number of rotatable bonds is 2. The Balaban J connectivity index is 2.57. The molecule has 0 radical (unpaired) electrons. The molecule has 4 nitrogen and oxygen atoms in total. The minimum Gasteiger partial charge on any atom is -0.465 e. The van der Waals surface area contributed by atoms with Gasteiger partial charge in [0.25, 0.3) is 0 Å². The molecule has 19 heavy (non-hydrogen) atoms. The van der Waals surface area contributed by atoms with Crippen molar-refractivity contribution in [1.29, 1.82) is 0 Å². The van der Waals surface area contributed by atoms with Crippen molar-refractivity contribution in [2.24, 2.45) is 0 Å². The second-order valence-corrected chi connectivity index (χ2v) is 4.26. The van der Waals surface area contributed by atoms with Crippen LogP contribution in [0.15, 0.2) is 24.5 Å². The van der Waals surface area contributed by atoms with E-state index in [1.807, 2.05) is 0 Å². The van der Waals surface area contributed by atoms with Gasteiger partial charge in [0, 0.05) is 23.5 Å². The van der Waals surface area contributed by atoms with E-state index in [2.05, 4.69) is 14.7 Å². The lowest BCUT2D eigenvalue weighted by Gasteiger charge is -2.07. The minimum atomic E-state index is -0.634. The maximum Gasteiger partial charge on any atom is 0.341 e.